The van der Waals surface area contributed by atoms with Crippen molar-refractivity contribution in [3.63, 3.8) is 0 Å². The molecule has 1 aromatic carbocycles. The Morgan fingerprint density at radius 2 is 2.15 bits per heavy atom. The second-order valence-electron chi connectivity index (χ2n) is 5.05. The second kappa shape index (κ2) is 5.09. The quantitative estimate of drug-likeness (QED) is 0.834. The second-order valence-corrected chi connectivity index (χ2v) is 5.05. The summed E-state index contributed by atoms with van der Waals surface area (Å²) in [5, 5.41) is 1.08. The van der Waals surface area contributed by atoms with E-state index in [1.807, 2.05) is 41.3 Å². The maximum atomic E-state index is 11.9. The lowest BCUT2D eigenvalue weighted by atomic mass is 10.2. The fourth-order valence-electron chi connectivity index (χ4n) is 2.70. The number of carbonyl (C=O) groups is 1. The number of ether oxygens (including phenoxy) is 1. The van der Waals surface area contributed by atoms with Crippen molar-refractivity contribution in [2.24, 2.45) is 5.73 Å². The number of methoxy groups -OCH3 is 1. The Balaban J connectivity index is 1.98. The molecule has 5 heteroatoms. The fourth-order valence-corrected chi connectivity index (χ4v) is 2.70. The predicted octanol–water partition coefficient (Wildman–Crippen LogP) is 1.31. The van der Waals surface area contributed by atoms with Crippen LogP contribution in [-0.4, -0.2) is 36.7 Å². The van der Waals surface area contributed by atoms with Crippen molar-refractivity contribution in [1.29, 1.82) is 0 Å². The molecule has 1 fully saturated rings. The molecule has 3 rings (SSSR count). The molecule has 1 aliphatic heterocycles. The standard InChI is InChI=1S/C15H17N3O2/c1-20-15(19)13-8-11(16)9-18(13)14-7-6-10-4-2-3-5-12(10)17-14/h2-7,11,13H,8-9,16H2,1H3/t11-,13-/m0/s1. The number of rotatable bonds is 2. The number of anilines is 1. The van der Waals surface area contributed by atoms with Crippen molar-refractivity contribution in [3.05, 3.63) is 36.4 Å². The first kappa shape index (κ1) is 12.9. The third kappa shape index (κ3) is 2.20. The van der Waals surface area contributed by atoms with Gasteiger partial charge < -0.3 is 15.4 Å². The Hall–Kier alpha value is -2.14. The average molecular weight is 271 g/mol. The number of pyridine rings is 1. The first-order valence-electron chi connectivity index (χ1n) is 6.65. The van der Waals surface area contributed by atoms with Crippen molar-refractivity contribution < 1.29 is 9.53 Å². The van der Waals surface area contributed by atoms with Gasteiger partial charge in [0.25, 0.3) is 0 Å². The maximum absolute atomic E-state index is 11.9. The van der Waals surface area contributed by atoms with E-state index in [-0.39, 0.29) is 18.1 Å². The summed E-state index contributed by atoms with van der Waals surface area (Å²) in [6, 6.07) is 11.5. The normalized spacial score (nSPS) is 22.2. The van der Waals surface area contributed by atoms with Crippen molar-refractivity contribution in [2.75, 3.05) is 18.6 Å². The number of nitrogens with zero attached hydrogens (tertiary/aromatic N) is 2. The highest BCUT2D eigenvalue weighted by molar-refractivity contribution is 5.83. The van der Waals surface area contributed by atoms with Crippen LogP contribution in [0.4, 0.5) is 5.82 Å². The molecule has 0 bridgehead atoms. The summed E-state index contributed by atoms with van der Waals surface area (Å²) >= 11 is 0. The molecule has 0 unspecified atom stereocenters. The molecular formula is C15H17N3O2. The third-order valence-corrected chi connectivity index (χ3v) is 3.68. The van der Waals surface area contributed by atoms with Crippen LogP contribution in [0.15, 0.2) is 36.4 Å². The van der Waals surface area contributed by atoms with Gasteiger partial charge in [-0.3, -0.25) is 0 Å². The van der Waals surface area contributed by atoms with Gasteiger partial charge in [0, 0.05) is 18.0 Å². The van der Waals surface area contributed by atoms with Gasteiger partial charge in [0.1, 0.15) is 11.9 Å². The molecule has 5 nitrogen and oxygen atoms in total. The Bertz CT molecular complexity index is 644. The largest absolute Gasteiger partial charge is 0.467 e. The molecule has 1 aromatic heterocycles. The van der Waals surface area contributed by atoms with Gasteiger partial charge in [0.15, 0.2) is 0 Å². The molecule has 104 valence electrons. The van der Waals surface area contributed by atoms with Gasteiger partial charge in [-0.05, 0) is 24.6 Å². The van der Waals surface area contributed by atoms with E-state index in [0.29, 0.717) is 13.0 Å². The molecule has 2 aromatic rings. The lowest BCUT2D eigenvalue weighted by Crippen LogP contribution is -2.37. The molecule has 2 N–H and O–H groups in total. The summed E-state index contributed by atoms with van der Waals surface area (Å²) in [5.41, 5.74) is 6.89. The minimum Gasteiger partial charge on any atom is -0.467 e. The van der Waals surface area contributed by atoms with Crippen LogP contribution in [0, 0.1) is 0 Å². The highest BCUT2D eigenvalue weighted by atomic mass is 16.5. The number of hydrogen-bond acceptors (Lipinski definition) is 5. The zero-order chi connectivity index (χ0) is 14.1. The fraction of sp³-hybridized carbons (Fsp3) is 0.333. The smallest absolute Gasteiger partial charge is 0.328 e. The highest BCUT2D eigenvalue weighted by Gasteiger charge is 2.36. The van der Waals surface area contributed by atoms with Gasteiger partial charge in [-0.2, -0.15) is 0 Å². The third-order valence-electron chi connectivity index (χ3n) is 3.68. The summed E-state index contributed by atoms with van der Waals surface area (Å²) < 4.78 is 4.86. The summed E-state index contributed by atoms with van der Waals surface area (Å²) in [5.74, 6) is 0.514. The zero-order valence-corrected chi connectivity index (χ0v) is 11.3. The van der Waals surface area contributed by atoms with Gasteiger partial charge in [0.05, 0.1) is 12.6 Å². The lowest BCUT2D eigenvalue weighted by Gasteiger charge is -2.23. The van der Waals surface area contributed by atoms with Crippen LogP contribution >= 0.6 is 0 Å². The molecule has 0 amide bonds. The molecule has 0 radical (unpaired) electrons. The van der Waals surface area contributed by atoms with Gasteiger partial charge in [-0.15, -0.1) is 0 Å². The lowest BCUT2D eigenvalue weighted by molar-refractivity contribution is -0.142. The summed E-state index contributed by atoms with van der Waals surface area (Å²) in [6.45, 7) is 0.616. The van der Waals surface area contributed by atoms with Gasteiger partial charge >= 0.3 is 5.97 Å². The minimum atomic E-state index is -0.344. The highest BCUT2D eigenvalue weighted by Crippen LogP contribution is 2.26. The van der Waals surface area contributed by atoms with E-state index in [9.17, 15) is 4.79 Å². The van der Waals surface area contributed by atoms with Crippen molar-refractivity contribution in [2.45, 2.75) is 18.5 Å². The van der Waals surface area contributed by atoms with E-state index in [2.05, 4.69) is 4.98 Å². The van der Waals surface area contributed by atoms with Crippen molar-refractivity contribution in [3.8, 4) is 0 Å². The maximum Gasteiger partial charge on any atom is 0.328 e. The van der Waals surface area contributed by atoms with E-state index in [4.69, 9.17) is 10.5 Å². The Morgan fingerprint density at radius 3 is 2.95 bits per heavy atom. The molecule has 1 saturated heterocycles. The zero-order valence-electron chi connectivity index (χ0n) is 11.3. The summed E-state index contributed by atoms with van der Waals surface area (Å²) in [7, 11) is 1.40. The number of benzene rings is 1. The molecule has 2 atom stereocenters. The number of hydrogen-bond donors (Lipinski definition) is 1. The van der Waals surface area contributed by atoms with Crippen LogP contribution in [0.2, 0.25) is 0 Å². The number of esters is 1. The Kier molecular flexibility index (Phi) is 3.28. The van der Waals surface area contributed by atoms with Gasteiger partial charge in [-0.1, -0.05) is 18.2 Å². The van der Waals surface area contributed by atoms with Crippen LogP contribution in [-0.2, 0) is 9.53 Å². The molecule has 1 aliphatic rings. The van der Waals surface area contributed by atoms with E-state index in [0.717, 1.165) is 16.7 Å². The first-order valence-corrected chi connectivity index (χ1v) is 6.65. The number of carbonyl (C=O) groups excluding carboxylic acids is 1. The topological polar surface area (TPSA) is 68.5 Å². The number of aromatic nitrogens is 1. The summed E-state index contributed by atoms with van der Waals surface area (Å²) in [6.07, 6.45) is 0.598. The van der Waals surface area contributed by atoms with E-state index < -0.39 is 0 Å². The van der Waals surface area contributed by atoms with Gasteiger partial charge in [-0.25, -0.2) is 9.78 Å². The van der Waals surface area contributed by atoms with Crippen LogP contribution in [0.25, 0.3) is 10.9 Å². The molecule has 0 spiro atoms. The SMILES string of the molecule is COC(=O)[C@@H]1C[C@H](N)CN1c1ccc2ccccc2n1. The van der Waals surface area contributed by atoms with Crippen LogP contribution < -0.4 is 10.6 Å². The Labute approximate surface area is 117 Å². The monoisotopic (exact) mass is 271 g/mol. The average Bonchev–Trinajstić information content (AvgIpc) is 2.88. The van der Waals surface area contributed by atoms with Crippen LogP contribution in [0.5, 0.6) is 0 Å². The van der Waals surface area contributed by atoms with E-state index in [1.165, 1.54) is 7.11 Å². The van der Waals surface area contributed by atoms with Crippen molar-refractivity contribution in [1.82, 2.24) is 4.98 Å². The number of nitrogens with two attached hydrogens (primary N) is 1. The van der Waals surface area contributed by atoms with Crippen molar-refractivity contribution >= 4 is 22.7 Å². The van der Waals surface area contributed by atoms with Crippen LogP contribution in [0.1, 0.15) is 6.42 Å². The molecule has 2 heterocycles. The molecule has 0 aliphatic carbocycles. The first-order chi connectivity index (χ1) is 9.69. The number of para-hydroxylation sites is 1. The van der Waals surface area contributed by atoms with E-state index >= 15 is 0 Å². The molecule has 0 saturated carbocycles. The van der Waals surface area contributed by atoms with E-state index in [1.54, 1.807) is 0 Å². The van der Waals surface area contributed by atoms with Gasteiger partial charge in [0.2, 0.25) is 0 Å². The number of fused-ring (bicyclic) bond motifs is 1. The molecular weight excluding hydrogens is 254 g/mol. The Morgan fingerprint density at radius 1 is 1.35 bits per heavy atom. The predicted molar refractivity (Wildman–Crippen MR) is 77.5 cm³/mol. The minimum absolute atomic E-state index is 0.0348. The van der Waals surface area contributed by atoms with Crippen LogP contribution in [0.3, 0.4) is 0 Å². The molecule has 20 heavy (non-hydrogen) atoms. The summed E-state index contributed by atoms with van der Waals surface area (Å²) in [4.78, 5) is 18.4.